The third kappa shape index (κ3) is 2.15. The van der Waals surface area contributed by atoms with Crippen molar-refractivity contribution in [2.75, 3.05) is 16.4 Å². The highest BCUT2D eigenvalue weighted by molar-refractivity contribution is 9.10. The largest absolute Gasteiger partial charge is 0.273 e. The number of rotatable bonds is 1. The molecule has 1 aromatic carbocycles. The predicted molar refractivity (Wildman–Crippen MR) is 68.7 cm³/mol. The van der Waals surface area contributed by atoms with E-state index in [1.165, 1.54) is 16.7 Å². The molecule has 0 spiro atoms. The summed E-state index contributed by atoms with van der Waals surface area (Å²) in [5.41, 5.74) is 1.72. The zero-order valence-corrected chi connectivity index (χ0v) is 11.1. The van der Waals surface area contributed by atoms with Crippen LogP contribution in [0.25, 0.3) is 0 Å². The first kappa shape index (κ1) is 11.7. The molecule has 1 aliphatic heterocycles. The highest BCUT2D eigenvalue weighted by Gasteiger charge is 2.27. The van der Waals surface area contributed by atoms with Crippen molar-refractivity contribution < 1.29 is 9.59 Å². The SMILES string of the molecule is Cc1ccc(N2C(=O)CSCC2=O)cc1Br. The monoisotopic (exact) mass is 299 g/mol. The number of anilines is 1. The lowest BCUT2D eigenvalue weighted by Crippen LogP contribution is -2.43. The van der Waals surface area contributed by atoms with Crippen molar-refractivity contribution in [2.24, 2.45) is 0 Å². The van der Waals surface area contributed by atoms with E-state index < -0.39 is 0 Å². The van der Waals surface area contributed by atoms with E-state index >= 15 is 0 Å². The Morgan fingerprint density at radius 3 is 2.44 bits per heavy atom. The molecule has 0 bridgehead atoms. The van der Waals surface area contributed by atoms with E-state index in [0.29, 0.717) is 17.2 Å². The van der Waals surface area contributed by atoms with Gasteiger partial charge in [-0.15, -0.1) is 11.8 Å². The summed E-state index contributed by atoms with van der Waals surface area (Å²) >= 11 is 4.76. The lowest BCUT2D eigenvalue weighted by molar-refractivity contribution is -0.124. The maximum Gasteiger partial charge on any atom is 0.243 e. The normalized spacial score (nSPS) is 16.8. The minimum atomic E-state index is -0.142. The van der Waals surface area contributed by atoms with Crippen molar-refractivity contribution in [3.05, 3.63) is 28.2 Å². The van der Waals surface area contributed by atoms with E-state index in [2.05, 4.69) is 15.9 Å². The van der Waals surface area contributed by atoms with Crippen LogP contribution >= 0.6 is 27.7 Å². The number of nitrogens with zero attached hydrogens (tertiary/aromatic N) is 1. The van der Waals surface area contributed by atoms with Crippen molar-refractivity contribution in [3.8, 4) is 0 Å². The average molecular weight is 300 g/mol. The van der Waals surface area contributed by atoms with Crippen LogP contribution in [0.5, 0.6) is 0 Å². The molecule has 2 rings (SSSR count). The van der Waals surface area contributed by atoms with E-state index in [-0.39, 0.29) is 11.8 Å². The Morgan fingerprint density at radius 2 is 1.88 bits per heavy atom. The van der Waals surface area contributed by atoms with Crippen LogP contribution in [0.1, 0.15) is 5.56 Å². The van der Waals surface area contributed by atoms with Crippen LogP contribution in [0.4, 0.5) is 5.69 Å². The second-order valence-electron chi connectivity index (χ2n) is 3.55. The molecule has 3 nitrogen and oxygen atoms in total. The van der Waals surface area contributed by atoms with Crippen molar-refractivity contribution in [3.63, 3.8) is 0 Å². The summed E-state index contributed by atoms with van der Waals surface area (Å²) < 4.78 is 0.906. The van der Waals surface area contributed by atoms with Gasteiger partial charge in [-0.1, -0.05) is 22.0 Å². The second kappa shape index (κ2) is 4.59. The van der Waals surface area contributed by atoms with Crippen LogP contribution in [-0.2, 0) is 9.59 Å². The Labute approximate surface area is 106 Å². The quantitative estimate of drug-likeness (QED) is 0.747. The topological polar surface area (TPSA) is 37.4 Å². The first-order valence-electron chi connectivity index (χ1n) is 4.79. The molecule has 0 radical (unpaired) electrons. The molecule has 1 saturated heterocycles. The van der Waals surface area contributed by atoms with Gasteiger partial charge in [0.1, 0.15) is 0 Å². The van der Waals surface area contributed by atoms with Gasteiger partial charge in [0.2, 0.25) is 11.8 Å². The molecule has 5 heteroatoms. The Hall–Kier alpha value is -0.810. The first-order chi connectivity index (χ1) is 7.59. The highest BCUT2D eigenvalue weighted by atomic mass is 79.9. The van der Waals surface area contributed by atoms with Gasteiger partial charge in [0.25, 0.3) is 0 Å². The molecule has 16 heavy (non-hydrogen) atoms. The van der Waals surface area contributed by atoms with E-state index in [0.717, 1.165) is 10.0 Å². The fourth-order valence-corrected chi connectivity index (χ4v) is 2.58. The number of carbonyl (C=O) groups excluding carboxylic acids is 2. The molecule has 2 amide bonds. The molecule has 0 aliphatic carbocycles. The van der Waals surface area contributed by atoms with Gasteiger partial charge in [-0.3, -0.25) is 9.59 Å². The van der Waals surface area contributed by atoms with Crippen molar-refractivity contribution in [2.45, 2.75) is 6.92 Å². The fourth-order valence-electron chi connectivity index (χ4n) is 1.50. The van der Waals surface area contributed by atoms with E-state index in [4.69, 9.17) is 0 Å². The van der Waals surface area contributed by atoms with Gasteiger partial charge in [0, 0.05) is 4.47 Å². The summed E-state index contributed by atoms with van der Waals surface area (Å²) in [4.78, 5) is 24.6. The summed E-state index contributed by atoms with van der Waals surface area (Å²) in [5, 5.41) is 0. The number of halogens is 1. The van der Waals surface area contributed by atoms with Crippen LogP contribution in [0.2, 0.25) is 0 Å². The van der Waals surface area contributed by atoms with Crippen LogP contribution in [0.3, 0.4) is 0 Å². The number of imide groups is 1. The number of hydrogen-bond acceptors (Lipinski definition) is 3. The number of thioether (sulfide) groups is 1. The van der Waals surface area contributed by atoms with Crippen molar-refractivity contribution >= 4 is 45.2 Å². The number of carbonyl (C=O) groups is 2. The molecule has 0 saturated carbocycles. The Kier molecular flexibility index (Phi) is 3.35. The summed E-state index contributed by atoms with van der Waals surface area (Å²) in [6, 6.07) is 5.49. The smallest absolute Gasteiger partial charge is 0.243 e. The van der Waals surface area contributed by atoms with Crippen molar-refractivity contribution in [1.29, 1.82) is 0 Å². The molecule has 84 valence electrons. The van der Waals surface area contributed by atoms with Gasteiger partial charge in [0.05, 0.1) is 17.2 Å². The van der Waals surface area contributed by atoms with Crippen LogP contribution < -0.4 is 4.90 Å². The van der Waals surface area contributed by atoms with Gasteiger partial charge in [-0.05, 0) is 24.6 Å². The molecular weight excluding hydrogens is 290 g/mol. The van der Waals surface area contributed by atoms with Crippen LogP contribution in [0, 0.1) is 6.92 Å². The van der Waals surface area contributed by atoms with Gasteiger partial charge in [0.15, 0.2) is 0 Å². The third-order valence-corrected chi connectivity index (χ3v) is 4.12. The number of aryl methyl sites for hydroxylation is 1. The molecule has 1 aromatic rings. The molecule has 0 unspecified atom stereocenters. The average Bonchev–Trinajstić information content (AvgIpc) is 2.23. The van der Waals surface area contributed by atoms with E-state index in [1.807, 2.05) is 13.0 Å². The number of benzene rings is 1. The van der Waals surface area contributed by atoms with Crippen LogP contribution in [0.15, 0.2) is 22.7 Å². The summed E-state index contributed by atoms with van der Waals surface area (Å²) in [6.45, 7) is 1.96. The Balaban J connectivity index is 2.38. The van der Waals surface area contributed by atoms with Gasteiger partial charge < -0.3 is 0 Å². The molecule has 0 atom stereocenters. The maximum atomic E-state index is 11.7. The predicted octanol–water partition coefficient (Wildman–Crippen LogP) is 2.36. The zero-order valence-electron chi connectivity index (χ0n) is 8.70. The fraction of sp³-hybridized carbons (Fsp3) is 0.273. The van der Waals surface area contributed by atoms with E-state index in [1.54, 1.807) is 12.1 Å². The van der Waals surface area contributed by atoms with Crippen molar-refractivity contribution in [1.82, 2.24) is 0 Å². The lowest BCUT2D eigenvalue weighted by Gasteiger charge is -2.24. The standard InChI is InChI=1S/C11H10BrNO2S/c1-7-2-3-8(4-9(7)12)13-10(14)5-16-6-11(13)15/h2-4H,5-6H2,1H3. The molecule has 0 N–H and O–H groups in total. The Morgan fingerprint density at radius 1 is 1.25 bits per heavy atom. The summed E-state index contributed by atoms with van der Waals surface area (Å²) in [5.74, 6) is 0.461. The Bertz CT molecular complexity index is 445. The van der Waals surface area contributed by atoms with Gasteiger partial charge in [-0.25, -0.2) is 4.90 Å². The highest BCUT2D eigenvalue weighted by Crippen LogP contribution is 2.26. The number of amides is 2. The van der Waals surface area contributed by atoms with Gasteiger partial charge >= 0.3 is 0 Å². The van der Waals surface area contributed by atoms with Gasteiger partial charge in [-0.2, -0.15) is 0 Å². The molecule has 1 aliphatic rings. The maximum absolute atomic E-state index is 11.7. The molecule has 1 fully saturated rings. The number of hydrogen-bond donors (Lipinski definition) is 0. The molecule has 0 aromatic heterocycles. The lowest BCUT2D eigenvalue weighted by atomic mass is 10.2. The molecule has 1 heterocycles. The summed E-state index contributed by atoms with van der Waals surface area (Å²) in [6.07, 6.45) is 0. The van der Waals surface area contributed by atoms with E-state index in [9.17, 15) is 9.59 Å². The summed E-state index contributed by atoms with van der Waals surface area (Å²) in [7, 11) is 0. The minimum absolute atomic E-state index is 0.142. The zero-order chi connectivity index (χ0) is 11.7. The van der Waals surface area contributed by atoms with Crippen LogP contribution in [-0.4, -0.2) is 23.3 Å². The molecular formula is C11H10BrNO2S. The first-order valence-corrected chi connectivity index (χ1v) is 6.74. The third-order valence-electron chi connectivity index (χ3n) is 2.36. The second-order valence-corrected chi connectivity index (χ2v) is 5.39. The minimum Gasteiger partial charge on any atom is -0.273 e.